The summed E-state index contributed by atoms with van der Waals surface area (Å²) < 4.78 is 5.30. The fraction of sp³-hybridized carbons (Fsp3) is 0.455. The number of nitrogens with two attached hydrogens (primary N) is 1. The third-order valence-electron chi connectivity index (χ3n) is 2.76. The number of rotatable bonds is 2. The summed E-state index contributed by atoms with van der Waals surface area (Å²) in [5, 5.41) is 5.60. The highest BCUT2D eigenvalue weighted by Gasteiger charge is 2.13. The number of hydrogen-bond donors (Lipinski definition) is 1. The number of ether oxygens (including phenoxy) is 1. The summed E-state index contributed by atoms with van der Waals surface area (Å²) in [7, 11) is 1.70. The lowest BCUT2D eigenvalue weighted by molar-refractivity contribution is 0.403. The van der Waals surface area contributed by atoms with Crippen molar-refractivity contribution in [3.63, 3.8) is 0 Å². The highest BCUT2D eigenvalue weighted by molar-refractivity contribution is 7.97. The average Bonchev–Trinajstić information content (AvgIpc) is 2.27. The van der Waals surface area contributed by atoms with Gasteiger partial charge in [-0.25, -0.2) is 0 Å². The quantitative estimate of drug-likeness (QED) is 0.760. The molecule has 1 aromatic rings. The molecular formula is C11H15NOS. The number of fused-ring (bicyclic) bond motifs is 1. The molecule has 1 aromatic carbocycles. The maximum absolute atomic E-state index is 5.60. The van der Waals surface area contributed by atoms with Gasteiger partial charge >= 0.3 is 0 Å². The van der Waals surface area contributed by atoms with Gasteiger partial charge in [0.05, 0.1) is 12.0 Å². The second kappa shape index (κ2) is 4.24. The smallest absolute Gasteiger partial charge is 0.134 e. The summed E-state index contributed by atoms with van der Waals surface area (Å²) in [4.78, 5) is 1.05. The minimum absolute atomic E-state index is 0.915. The average molecular weight is 209 g/mol. The monoisotopic (exact) mass is 209 g/mol. The Morgan fingerprint density at radius 1 is 1.21 bits per heavy atom. The van der Waals surface area contributed by atoms with Gasteiger partial charge < -0.3 is 4.74 Å². The van der Waals surface area contributed by atoms with Gasteiger partial charge in [0.25, 0.3) is 0 Å². The summed E-state index contributed by atoms with van der Waals surface area (Å²) in [6, 6.07) is 4.32. The van der Waals surface area contributed by atoms with E-state index in [-0.39, 0.29) is 0 Å². The van der Waals surface area contributed by atoms with Crippen LogP contribution in [0.4, 0.5) is 0 Å². The highest BCUT2D eigenvalue weighted by atomic mass is 32.2. The lowest BCUT2D eigenvalue weighted by Crippen LogP contribution is -2.04. The third kappa shape index (κ3) is 1.74. The van der Waals surface area contributed by atoms with Gasteiger partial charge in [-0.3, -0.25) is 5.14 Å². The topological polar surface area (TPSA) is 35.2 Å². The van der Waals surface area contributed by atoms with Crippen LogP contribution >= 0.6 is 11.9 Å². The lowest BCUT2D eigenvalue weighted by Gasteiger charge is -2.18. The molecule has 1 aliphatic rings. The second-order valence-corrected chi connectivity index (χ2v) is 4.27. The molecule has 0 atom stereocenters. The van der Waals surface area contributed by atoms with E-state index in [1.54, 1.807) is 7.11 Å². The van der Waals surface area contributed by atoms with Crippen molar-refractivity contribution in [2.24, 2.45) is 5.14 Å². The van der Waals surface area contributed by atoms with Gasteiger partial charge in [-0.2, -0.15) is 0 Å². The first-order valence-electron chi connectivity index (χ1n) is 4.91. The molecular weight excluding hydrogens is 194 g/mol. The van der Waals surface area contributed by atoms with Crippen molar-refractivity contribution < 1.29 is 4.74 Å². The standard InChI is InChI=1S/C11H15NOS/c1-13-10-6-8-4-2-3-5-9(8)7-11(10)14-12/h6-7H,2-5,12H2,1H3. The molecule has 3 heteroatoms. The molecule has 0 heterocycles. The zero-order valence-corrected chi connectivity index (χ0v) is 9.19. The Hall–Kier alpha value is -0.670. The van der Waals surface area contributed by atoms with Crippen molar-refractivity contribution in [3.8, 4) is 5.75 Å². The number of hydrogen-bond acceptors (Lipinski definition) is 3. The van der Waals surface area contributed by atoms with Gasteiger partial charge in [0.1, 0.15) is 5.75 Å². The van der Waals surface area contributed by atoms with Gasteiger partial charge in [0.2, 0.25) is 0 Å². The van der Waals surface area contributed by atoms with E-state index in [1.165, 1.54) is 48.8 Å². The maximum Gasteiger partial charge on any atom is 0.134 e. The molecule has 0 aliphatic heterocycles. The highest BCUT2D eigenvalue weighted by Crippen LogP contribution is 2.32. The molecule has 2 rings (SSSR count). The molecule has 2 N–H and O–H groups in total. The summed E-state index contributed by atoms with van der Waals surface area (Å²) in [6.45, 7) is 0. The van der Waals surface area contributed by atoms with E-state index < -0.39 is 0 Å². The number of aryl methyl sites for hydroxylation is 2. The molecule has 1 aliphatic carbocycles. The van der Waals surface area contributed by atoms with Gasteiger partial charge in [-0.05, 0) is 60.9 Å². The number of benzene rings is 1. The van der Waals surface area contributed by atoms with E-state index in [2.05, 4.69) is 12.1 Å². The van der Waals surface area contributed by atoms with Crippen molar-refractivity contribution in [3.05, 3.63) is 23.3 Å². The lowest BCUT2D eigenvalue weighted by atomic mass is 9.92. The van der Waals surface area contributed by atoms with E-state index in [9.17, 15) is 0 Å². The molecule has 76 valence electrons. The minimum Gasteiger partial charge on any atom is -0.496 e. The zero-order valence-electron chi connectivity index (χ0n) is 8.38. The summed E-state index contributed by atoms with van der Waals surface area (Å²) in [6.07, 6.45) is 4.97. The second-order valence-electron chi connectivity index (χ2n) is 3.60. The molecule has 0 saturated heterocycles. The molecule has 0 bridgehead atoms. The molecule has 0 amide bonds. The summed E-state index contributed by atoms with van der Waals surface area (Å²) in [5.74, 6) is 0.915. The van der Waals surface area contributed by atoms with E-state index in [0.717, 1.165) is 10.6 Å². The van der Waals surface area contributed by atoms with Crippen molar-refractivity contribution in [2.75, 3.05) is 7.11 Å². The normalized spacial score (nSPS) is 15.0. The van der Waals surface area contributed by atoms with Crippen LogP contribution in [0.15, 0.2) is 17.0 Å². The third-order valence-corrected chi connectivity index (χ3v) is 3.33. The van der Waals surface area contributed by atoms with Gasteiger partial charge in [0.15, 0.2) is 0 Å². The van der Waals surface area contributed by atoms with Crippen LogP contribution in [0.1, 0.15) is 24.0 Å². The molecule has 0 spiro atoms. The molecule has 0 aromatic heterocycles. The van der Waals surface area contributed by atoms with Crippen molar-refractivity contribution in [2.45, 2.75) is 30.6 Å². The Bertz CT molecular complexity index is 294. The first-order valence-corrected chi connectivity index (χ1v) is 5.79. The van der Waals surface area contributed by atoms with Crippen LogP contribution in [-0.4, -0.2) is 7.11 Å². The van der Waals surface area contributed by atoms with Crippen LogP contribution in [0.2, 0.25) is 0 Å². The molecule has 0 radical (unpaired) electrons. The zero-order chi connectivity index (χ0) is 9.97. The van der Waals surface area contributed by atoms with Gasteiger partial charge in [-0.15, -0.1) is 0 Å². The Labute approximate surface area is 89.0 Å². The van der Waals surface area contributed by atoms with E-state index in [4.69, 9.17) is 9.88 Å². The molecule has 0 saturated carbocycles. The Morgan fingerprint density at radius 3 is 2.43 bits per heavy atom. The predicted molar refractivity (Wildman–Crippen MR) is 59.7 cm³/mol. The van der Waals surface area contributed by atoms with Crippen LogP contribution in [-0.2, 0) is 12.8 Å². The van der Waals surface area contributed by atoms with Gasteiger partial charge in [0, 0.05) is 0 Å². The summed E-state index contributed by atoms with van der Waals surface area (Å²) >= 11 is 1.27. The first-order chi connectivity index (χ1) is 6.85. The van der Waals surface area contributed by atoms with Gasteiger partial charge in [-0.1, -0.05) is 0 Å². The Kier molecular flexibility index (Phi) is 2.99. The SMILES string of the molecule is COc1cc2c(cc1SN)CCCC2. The van der Waals surface area contributed by atoms with Crippen LogP contribution in [0.3, 0.4) is 0 Å². The fourth-order valence-electron chi connectivity index (χ4n) is 1.99. The van der Waals surface area contributed by atoms with Crippen LogP contribution < -0.4 is 9.88 Å². The van der Waals surface area contributed by atoms with Crippen molar-refractivity contribution in [1.29, 1.82) is 0 Å². The molecule has 14 heavy (non-hydrogen) atoms. The van der Waals surface area contributed by atoms with E-state index in [1.807, 2.05) is 0 Å². The van der Waals surface area contributed by atoms with Crippen LogP contribution in [0.25, 0.3) is 0 Å². The predicted octanol–water partition coefficient (Wildman–Crippen LogP) is 2.54. The Morgan fingerprint density at radius 2 is 1.86 bits per heavy atom. The molecule has 0 fully saturated rings. The van der Waals surface area contributed by atoms with Crippen molar-refractivity contribution in [1.82, 2.24) is 0 Å². The molecule has 2 nitrogen and oxygen atoms in total. The largest absolute Gasteiger partial charge is 0.496 e. The summed E-state index contributed by atoms with van der Waals surface area (Å²) in [5.41, 5.74) is 2.89. The van der Waals surface area contributed by atoms with Crippen LogP contribution in [0, 0.1) is 0 Å². The number of methoxy groups -OCH3 is 1. The van der Waals surface area contributed by atoms with E-state index >= 15 is 0 Å². The van der Waals surface area contributed by atoms with Crippen molar-refractivity contribution >= 4 is 11.9 Å². The van der Waals surface area contributed by atoms with Crippen LogP contribution in [0.5, 0.6) is 5.75 Å². The van der Waals surface area contributed by atoms with E-state index in [0.29, 0.717) is 0 Å². The first kappa shape index (κ1) is 9.87. The Balaban J connectivity index is 2.43. The maximum atomic E-state index is 5.60. The molecule has 0 unspecified atom stereocenters. The fourth-order valence-corrected chi connectivity index (χ4v) is 2.46. The minimum atomic E-state index is 0.915.